The van der Waals surface area contributed by atoms with Gasteiger partial charge in [0.05, 0.1) is 5.69 Å². The van der Waals surface area contributed by atoms with E-state index in [9.17, 15) is 14.9 Å². The van der Waals surface area contributed by atoms with E-state index in [1.807, 2.05) is 0 Å². The fourth-order valence-corrected chi connectivity index (χ4v) is 3.29. The number of esters is 1. The zero-order valence-corrected chi connectivity index (χ0v) is 16.7. The first-order valence-electron chi connectivity index (χ1n) is 9.20. The summed E-state index contributed by atoms with van der Waals surface area (Å²) in [6, 6.07) is 3.56. The van der Waals surface area contributed by atoms with Crippen molar-refractivity contribution in [2.75, 3.05) is 7.05 Å². The molecule has 0 fully saturated rings. The van der Waals surface area contributed by atoms with Gasteiger partial charge in [0.25, 0.3) is 5.54 Å². The summed E-state index contributed by atoms with van der Waals surface area (Å²) in [6.07, 6.45) is 7.08. The highest BCUT2D eigenvalue weighted by Gasteiger charge is 2.55. The van der Waals surface area contributed by atoms with Crippen LogP contribution >= 0.6 is 0 Å². The van der Waals surface area contributed by atoms with Crippen LogP contribution in [0.25, 0.3) is 0 Å². The van der Waals surface area contributed by atoms with Crippen molar-refractivity contribution in [3.8, 4) is 0 Å². The molecule has 3 atom stereocenters. The Hall–Kier alpha value is -2.58. The number of ether oxygens (including phenoxy) is 1. The summed E-state index contributed by atoms with van der Waals surface area (Å²) in [5, 5.41) is 15.2. The van der Waals surface area contributed by atoms with Gasteiger partial charge in [-0.1, -0.05) is 18.2 Å². The number of nitro groups is 1. The lowest BCUT2D eigenvalue weighted by Crippen LogP contribution is -2.60. The number of rotatable bonds is 7. The average molecular weight is 388 g/mol. The third-order valence-electron chi connectivity index (χ3n) is 4.59. The van der Waals surface area contributed by atoms with Gasteiger partial charge in [-0.25, -0.2) is 0 Å². The minimum absolute atomic E-state index is 0.129. The van der Waals surface area contributed by atoms with E-state index < -0.39 is 23.2 Å². The van der Waals surface area contributed by atoms with Gasteiger partial charge in [-0.05, 0) is 58.0 Å². The van der Waals surface area contributed by atoms with E-state index in [0.717, 1.165) is 0 Å². The Morgan fingerprint density at radius 2 is 2.18 bits per heavy atom. The zero-order chi connectivity index (χ0) is 20.9. The molecular weight excluding hydrogens is 360 g/mol. The number of aromatic nitrogens is 1. The topological polar surface area (TPSA) is 120 Å². The summed E-state index contributed by atoms with van der Waals surface area (Å²) >= 11 is 0. The molecule has 8 heteroatoms. The monoisotopic (exact) mass is 388 g/mol. The number of nitrogens with one attached hydrogen (secondary N) is 1. The van der Waals surface area contributed by atoms with Gasteiger partial charge in [0.2, 0.25) is 0 Å². The Morgan fingerprint density at radius 1 is 1.46 bits per heavy atom. The number of allylic oxidation sites excluding steroid dienone is 2. The van der Waals surface area contributed by atoms with E-state index in [0.29, 0.717) is 17.7 Å². The number of pyridine rings is 1. The van der Waals surface area contributed by atoms with E-state index in [1.54, 1.807) is 70.4 Å². The Morgan fingerprint density at radius 3 is 2.71 bits per heavy atom. The molecule has 2 rings (SSSR count). The fraction of sp³-hybridized carbons (Fsp3) is 0.500. The first kappa shape index (κ1) is 21.7. The van der Waals surface area contributed by atoms with Crippen LogP contribution in [0.15, 0.2) is 48.2 Å². The molecule has 8 nitrogen and oxygen atoms in total. The second kappa shape index (κ2) is 8.62. The molecule has 0 radical (unpaired) electrons. The van der Waals surface area contributed by atoms with E-state index in [-0.39, 0.29) is 17.3 Å². The maximum atomic E-state index is 12.2. The van der Waals surface area contributed by atoms with E-state index >= 15 is 0 Å². The summed E-state index contributed by atoms with van der Waals surface area (Å²) in [7, 11) is 1.65. The third-order valence-corrected chi connectivity index (χ3v) is 4.59. The number of hydrogen-bond donors (Lipinski definition) is 2. The van der Waals surface area contributed by atoms with Crippen molar-refractivity contribution < 1.29 is 14.5 Å². The highest BCUT2D eigenvalue weighted by Crippen LogP contribution is 2.36. The standard InChI is InChI=1S/C20H28N4O4/c1-19(2,3)28-17(25)11-9-14-8-10-16(22-4)20(13-14,24(26)27)18(21)15-7-5-6-12-23-15/h5-8,10,12-13,16,18,22H,9,11,21H2,1-4H3. The largest absolute Gasteiger partial charge is 0.460 e. The van der Waals surface area contributed by atoms with Crippen LogP contribution in [-0.2, 0) is 9.53 Å². The molecule has 3 N–H and O–H groups in total. The SMILES string of the molecule is CNC1C=CC(CCC(=O)OC(C)(C)C)=CC1(C(N)c1ccccn1)[N+](=O)[O-]. The summed E-state index contributed by atoms with van der Waals surface area (Å²) in [5.41, 5.74) is 5.26. The molecular formula is C20H28N4O4. The maximum absolute atomic E-state index is 12.2. The van der Waals surface area contributed by atoms with E-state index in [4.69, 9.17) is 10.5 Å². The number of carbonyl (C=O) groups is 1. The maximum Gasteiger partial charge on any atom is 0.306 e. The molecule has 0 saturated carbocycles. The van der Waals surface area contributed by atoms with Crippen molar-refractivity contribution in [1.82, 2.24) is 10.3 Å². The van der Waals surface area contributed by atoms with Crippen LogP contribution in [0.1, 0.15) is 45.3 Å². The van der Waals surface area contributed by atoms with E-state index in [2.05, 4.69) is 10.3 Å². The molecule has 1 aliphatic carbocycles. The minimum atomic E-state index is -1.62. The summed E-state index contributed by atoms with van der Waals surface area (Å²) in [4.78, 5) is 28.1. The molecule has 28 heavy (non-hydrogen) atoms. The summed E-state index contributed by atoms with van der Waals surface area (Å²) in [6.45, 7) is 5.39. The molecule has 0 aliphatic heterocycles. The highest BCUT2D eigenvalue weighted by atomic mass is 16.6. The predicted octanol–water partition coefficient (Wildman–Crippen LogP) is 2.30. The molecule has 1 aromatic rings. The number of hydrogen-bond acceptors (Lipinski definition) is 7. The van der Waals surface area contributed by atoms with Gasteiger partial charge in [0.1, 0.15) is 17.7 Å². The Balaban J connectivity index is 2.32. The predicted molar refractivity (Wildman–Crippen MR) is 106 cm³/mol. The summed E-state index contributed by atoms with van der Waals surface area (Å²) < 4.78 is 5.32. The number of likely N-dealkylation sites (N-methyl/N-ethyl adjacent to an activating group) is 1. The fourth-order valence-electron chi connectivity index (χ4n) is 3.29. The normalized spacial score (nSPS) is 23.0. The lowest BCUT2D eigenvalue weighted by molar-refractivity contribution is -0.563. The van der Waals surface area contributed by atoms with Crippen molar-refractivity contribution in [2.45, 2.75) is 56.8 Å². The van der Waals surface area contributed by atoms with Crippen LogP contribution in [-0.4, -0.2) is 40.1 Å². The van der Waals surface area contributed by atoms with Gasteiger partial charge < -0.3 is 15.8 Å². The van der Waals surface area contributed by atoms with Crippen LogP contribution in [0.2, 0.25) is 0 Å². The van der Waals surface area contributed by atoms with Crippen molar-refractivity contribution in [3.63, 3.8) is 0 Å². The lowest BCUT2D eigenvalue weighted by Gasteiger charge is -2.35. The number of carbonyl (C=O) groups excluding carboxylic acids is 1. The van der Waals surface area contributed by atoms with Crippen LogP contribution in [0, 0.1) is 10.1 Å². The van der Waals surface area contributed by atoms with Gasteiger partial charge >= 0.3 is 5.97 Å². The van der Waals surface area contributed by atoms with Crippen LogP contribution in [0.5, 0.6) is 0 Å². The first-order chi connectivity index (χ1) is 13.1. The van der Waals surface area contributed by atoms with Crippen molar-refractivity contribution in [2.24, 2.45) is 5.73 Å². The lowest BCUT2D eigenvalue weighted by atomic mass is 9.76. The highest BCUT2D eigenvalue weighted by molar-refractivity contribution is 5.70. The van der Waals surface area contributed by atoms with Gasteiger partial charge in [-0.3, -0.25) is 19.9 Å². The Kier molecular flexibility index (Phi) is 6.69. The second-order valence-electron chi connectivity index (χ2n) is 7.81. The van der Waals surface area contributed by atoms with Crippen molar-refractivity contribution in [3.05, 3.63) is 64.0 Å². The molecule has 0 saturated heterocycles. The molecule has 3 unspecified atom stereocenters. The third kappa shape index (κ3) is 4.82. The zero-order valence-electron chi connectivity index (χ0n) is 16.7. The van der Waals surface area contributed by atoms with E-state index in [1.165, 1.54) is 0 Å². The first-order valence-corrected chi connectivity index (χ1v) is 9.20. The van der Waals surface area contributed by atoms with Crippen LogP contribution < -0.4 is 11.1 Å². The second-order valence-corrected chi connectivity index (χ2v) is 7.81. The van der Waals surface area contributed by atoms with Gasteiger partial charge in [-0.2, -0.15) is 0 Å². The minimum Gasteiger partial charge on any atom is -0.460 e. The molecule has 1 aliphatic rings. The van der Waals surface area contributed by atoms with Gasteiger partial charge in [0, 0.05) is 17.5 Å². The molecule has 0 amide bonds. The van der Waals surface area contributed by atoms with Crippen molar-refractivity contribution >= 4 is 5.97 Å². The quantitative estimate of drug-likeness (QED) is 0.418. The Bertz CT molecular complexity index is 770. The molecule has 0 bridgehead atoms. The molecule has 0 spiro atoms. The van der Waals surface area contributed by atoms with Gasteiger partial charge in [0.15, 0.2) is 0 Å². The molecule has 1 heterocycles. The van der Waals surface area contributed by atoms with Crippen LogP contribution in [0.4, 0.5) is 0 Å². The molecule has 1 aromatic heterocycles. The van der Waals surface area contributed by atoms with Crippen LogP contribution in [0.3, 0.4) is 0 Å². The number of nitrogens with zero attached hydrogens (tertiary/aromatic N) is 2. The summed E-state index contributed by atoms with van der Waals surface area (Å²) in [5.74, 6) is -0.349. The Labute approximate surface area is 165 Å². The molecule has 152 valence electrons. The molecule has 0 aromatic carbocycles. The smallest absolute Gasteiger partial charge is 0.306 e. The number of nitrogens with two attached hydrogens (primary N) is 1. The van der Waals surface area contributed by atoms with Gasteiger partial charge in [-0.15, -0.1) is 0 Å². The van der Waals surface area contributed by atoms with Crippen molar-refractivity contribution in [1.29, 1.82) is 0 Å². The average Bonchev–Trinajstić information content (AvgIpc) is 2.64.